The summed E-state index contributed by atoms with van der Waals surface area (Å²) in [6.45, 7) is 1.24. The van der Waals surface area contributed by atoms with Crippen molar-refractivity contribution < 1.29 is 5.11 Å². The van der Waals surface area contributed by atoms with Crippen molar-refractivity contribution in [1.29, 1.82) is 0 Å². The minimum atomic E-state index is -0.257. The highest BCUT2D eigenvalue weighted by atomic mass is 16.3. The van der Waals surface area contributed by atoms with Crippen molar-refractivity contribution in [3.63, 3.8) is 0 Å². The zero-order valence-electron chi connectivity index (χ0n) is 13.8. The van der Waals surface area contributed by atoms with E-state index in [0.29, 0.717) is 13.1 Å². The molecule has 2 aromatic heterocycles. The maximum atomic E-state index is 9.57. The van der Waals surface area contributed by atoms with E-state index in [1.807, 2.05) is 11.1 Å². The zero-order valence-corrected chi connectivity index (χ0v) is 13.8. The molecule has 2 aliphatic rings. The predicted octanol–water partition coefficient (Wildman–Crippen LogP) is 2.20. The molecule has 25 heavy (non-hydrogen) atoms. The molecule has 1 saturated heterocycles. The molecule has 1 fully saturated rings. The number of aryl methyl sites for hydroxylation is 1. The average molecular weight is 333 g/mol. The molecule has 0 bridgehead atoms. The van der Waals surface area contributed by atoms with Gasteiger partial charge in [-0.2, -0.15) is 0 Å². The lowest BCUT2D eigenvalue weighted by molar-refractivity contribution is 0.140. The van der Waals surface area contributed by atoms with E-state index in [2.05, 4.69) is 34.2 Å². The highest BCUT2D eigenvalue weighted by molar-refractivity contribution is 5.69. The van der Waals surface area contributed by atoms with Gasteiger partial charge in [-0.25, -0.2) is 15.0 Å². The first-order chi connectivity index (χ1) is 12.3. The molecule has 0 radical (unpaired) electrons. The molecule has 5 rings (SSSR count). The Morgan fingerprint density at radius 1 is 1.04 bits per heavy atom. The number of fused-ring (bicyclic) bond motifs is 1. The number of anilines is 1. The molecule has 1 aromatic carbocycles. The van der Waals surface area contributed by atoms with Crippen molar-refractivity contribution in [1.82, 2.24) is 19.9 Å². The Morgan fingerprint density at radius 2 is 1.84 bits per heavy atom. The molecular formula is C19H19N5O. The number of imidazole rings is 1. The number of aliphatic hydroxyl groups excluding tert-OH is 1. The molecule has 0 spiro atoms. The lowest BCUT2D eigenvalue weighted by Gasteiger charge is -2.36. The Balaban J connectivity index is 1.54. The number of rotatable bonds is 3. The van der Waals surface area contributed by atoms with Gasteiger partial charge in [-0.05, 0) is 19.3 Å². The van der Waals surface area contributed by atoms with Gasteiger partial charge in [0.25, 0.3) is 0 Å². The monoisotopic (exact) mass is 333 g/mol. The summed E-state index contributed by atoms with van der Waals surface area (Å²) >= 11 is 0. The van der Waals surface area contributed by atoms with Gasteiger partial charge in [0, 0.05) is 47.9 Å². The van der Waals surface area contributed by atoms with Gasteiger partial charge in [0.15, 0.2) is 0 Å². The minimum Gasteiger partial charge on any atom is -0.389 e. The van der Waals surface area contributed by atoms with Crippen molar-refractivity contribution in [3.8, 4) is 22.6 Å². The highest BCUT2D eigenvalue weighted by Gasteiger charge is 2.29. The summed E-state index contributed by atoms with van der Waals surface area (Å²) < 4.78 is 0. The third kappa shape index (κ3) is 2.49. The van der Waals surface area contributed by atoms with Crippen LogP contribution in [-0.2, 0) is 12.8 Å². The normalized spacial score (nSPS) is 16.8. The van der Waals surface area contributed by atoms with Gasteiger partial charge in [-0.15, -0.1) is 0 Å². The Bertz CT molecular complexity index is 898. The van der Waals surface area contributed by atoms with E-state index in [1.54, 1.807) is 6.20 Å². The second kappa shape index (κ2) is 5.67. The average Bonchev–Trinajstić information content (AvgIpc) is 3.29. The molecule has 3 heterocycles. The van der Waals surface area contributed by atoms with Gasteiger partial charge in [0.05, 0.1) is 11.8 Å². The number of nitrogens with zero attached hydrogens (tertiary/aromatic N) is 4. The molecule has 6 heteroatoms. The molecule has 1 aliphatic carbocycles. The number of hydrogen-bond acceptors (Lipinski definition) is 5. The first-order valence-corrected chi connectivity index (χ1v) is 8.71. The maximum absolute atomic E-state index is 9.57. The number of aromatic amines is 1. The first kappa shape index (κ1) is 14.6. The van der Waals surface area contributed by atoms with E-state index < -0.39 is 0 Å². The molecule has 0 amide bonds. The van der Waals surface area contributed by atoms with Crippen molar-refractivity contribution in [3.05, 3.63) is 47.9 Å². The lowest BCUT2D eigenvalue weighted by Crippen LogP contribution is -2.51. The van der Waals surface area contributed by atoms with Gasteiger partial charge in [0.1, 0.15) is 5.82 Å². The molecular weight excluding hydrogens is 314 g/mol. The van der Waals surface area contributed by atoms with Crippen LogP contribution in [0.2, 0.25) is 0 Å². The van der Waals surface area contributed by atoms with Crippen LogP contribution in [0.1, 0.15) is 17.7 Å². The van der Waals surface area contributed by atoms with Crippen molar-refractivity contribution in [2.24, 2.45) is 0 Å². The fourth-order valence-electron chi connectivity index (χ4n) is 3.63. The largest absolute Gasteiger partial charge is 0.389 e. The summed E-state index contributed by atoms with van der Waals surface area (Å²) in [7, 11) is 0. The summed E-state index contributed by atoms with van der Waals surface area (Å²) in [6, 6.07) is 8.36. The van der Waals surface area contributed by atoms with E-state index >= 15 is 0 Å². The second-order valence-corrected chi connectivity index (χ2v) is 6.72. The topological polar surface area (TPSA) is 77.9 Å². The van der Waals surface area contributed by atoms with Crippen LogP contribution in [0.25, 0.3) is 22.6 Å². The fraction of sp³-hybridized carbons (Fsp3) is 0.316. The van der Waals surface area contributed by atoms with Gasteiger partial charge < -0.3 is 15.0 Å². The number of aromatic nitrogens is 4. The van der Waals surface area contributed by atoms with E-state index in [-0.39, 0.29) is 6.10 Å². The Kier molecular flexibility index (Phi) is 3.31. The molecule has 3 aromatic rings. The van der Waals surface area contributed by atoms with Crippen LogP contribution in [-0.4, -0.2) is 44.2 Å². The minimum absolute atomic E-state index is 0.257. The summed E-state index contributed by atoms with van der Waals surface area (Å²) in [5, 5.41) is 9.57. The molecule has 1 aliphatic heterocycles. The second-order valence-electron chi connectivity index (χ2n) is 6.72. The zero-order chi connectivity index (χ0) is 16.8. The Labute approximate surface area is 145 Å². The van der Waals surface area contributed by atoms with Crippen LogP contribution in [0.3, 0.4) is 0 Å². The standard InChI is InChI=1S/C19H19N5O/c25-14-10-24(11-14)19-22-16-3-1-2-15(16)17(23-19)12-4-6-13(7-5-12)18-20-8-9-21-18/h4-9,14,25H,1-3,10-11H2,(H,20,21). The first-order valence-electron chi connectivity index (χ1n) is 8.71. The summed E-state index contributed by atoms with van der Waals surface area (Å²) in [5.74, 6) is 1.62. The van der Waals surface area contributed by atoms with Crippen LogP contribution in [0.5, 0.6) is 0 Å². The molecule has 0 saturated carbocycles. The summed E-state index contributed by atoms with van der Waals surface area (Å²) in [5.41, 5.74) is 5.64. The molecule has 0 atom stereocenters. The van der Waals surface area contributed by atoms with E-state index in [9.17, 15) is 5.11 Å². The van der Waals surface area contributed by atoms with E-state index in [0.717, 1.165) is 53.5 Å². The van der Waals surface area contributed by atoms with Crippen LogP contribution < -0.4 is 4.90 Å². The summed E-state index contributed by atoms with van der Waals surface area (Å²) in [6.07, 6.45) is 6.51. The van der Waals surface area contributed by atoms with Gasteiger partial charge in [0.2, 0.25) is 5.95 Å². The lowest BCUT2D eigenvalue weighted by atomic mass is 10.0. The van der Waals surface area contributed by atoms with Crippen molar-refractivity contribution in [2.45, 2.75) is 25.4 Å². The molecule has 6 nitrogen and oxygen atoms in total. The van der Waals surface area contributed by atoms with Gasteiger partial charge in [-0.1, -0.05) is 24.3 Å². The Morgan fingerprint density at radius 3 is 2.56 bits per heavy atom. The smallest absolute Gasteiger partial charge is 0.226 e. The number of hydrogen-bond donors (Lipinski definition) is 2. The number of β-amino-alcohol motifs (C(OH)–C–C–N with tert-alkyl or cyclic N) is 1. The molecule has 2 N–H and O–H groups in total. The SMILES string of the molecule is OC1CN(c2nc3c(c(-c4ccc(-c5ncc[nH]5)cc4)n2)CCC3)C1. The van der Waals surface area contributed by atoms with Crippen LogP contribution in [0, 0.1) is 0 Å². The van der Waals surface area contributed by atoms with Crippen molar-refractivity contribution >= 4 is 5.95 Å². The van der Waals surface area contributed by atoms with Gasteiger partial charge in [-0.3, -0.25) is 0 Å². The predicted molar refractivity (Wildman–Crippen MR) is 95.3 cm³/mol. The third-order valence-electron chi connectivity index (χ3n) is 5.00. The fourth-order valence-corrected chi connectivity index (χ4v) is 3.63. The van der Waals surface area contributed by atoms with Gasteiger partial charge >= 0.3 is 0 Å². The summed E-state index contributed by atoms with van der Waals surface area (Å²) in [4.78, 5) is 19.1. The van der Waals surface area contributed by atoms with Crippen molar-refractivity contribution in [2.75, 3.05) is 18.0 Å². The van der Waals surface area contributed by atoms with Crippen LogP contribution >= 0.6 is 0 Å². The van der Waals surface area contributed by atoms with E-state index in [1.165, 1.54) is 5.56 Å². The number of nitrogens with one attached hydrogen (secondary N) is 1. The Hall–Kier alpha value is -2.73. The number of H-pyrrole nitrogens is 1. The highest BCUT2D eigenvalue weighted by Crippen LogP contribution is 2.33. The van der Waals surface area contributed by atoms with Crippen LogP contribution in [0.15, 0.2) is 36.7 Å². The number of aliphatic hydroxyl groups is 1. The maximum Gasteiger partial charge on any atom is 0.226 e. The molecule has 0 unspecified atom stereocenters. The third-order valence-corrected chi connectivity index (χ3v) is 5.00. The van der Waals surface area contributed by atoms with Crippen LogP contribution in [0.4, 0.5) is 5.95 Å². The molecule has 126 valence electrons. The van der Waals surface area contributed by atoms with E-state index in [4.69, 9.17) is 9.97 Å². The quantitative estimate of drug-likeness (QED) is 0.768. The number of benzene rings is 1.